The van der Waals surface area contributed by atoms with E-state index in [1.807, 2.05) is 24.4 Å². The fourth-order valence-electron chi connectivity index (χ4n) is 1.31. The van der Waals surface area contributed by atoms with Gasteiger partial charge in [0.15, 0.2) is 0 Å². The largest absolute Gasteiger partial charge is 0.345 e. The smallest absolute Gasteiger partial charge is 0.253 e. The summed E-state index contributed by atoms with van der Waals surface area (Å²) in [5.74, 6) is -0.129. The molecule has 0 aromatic carbocycles. The van der Waals surface area contributed by atoms with Crippen molar-refractivity contribution in [2.24, 2.45) is 0 Å². The Hall–Kier alpha value is -1.75. The van der Waals surface area contributed by atoms with Crippen LogP contribution in [0.5, 0.6) is 0 Å². The molecule has 1 N–H and O–H groups in total. The first-order chi connectivity index (χ1) is 7.77. The van der Waals surface area contributed by atoms with E-state index in [2.05, 4.69) is 15.5 Å². The predicted molar refractivity (Wildman–Crippen MR) is 62.2 cm³/mol. The second-order valence-electron chi connectivity index (χ2n) is 3.34. The van der Waals surface area contributed by atoms with Gasteiger partial charge in [0.25, 0.3) is 5.91 Å². The third-order valence-corrected chi connectivity index (χ3v) is 3.22. The Kier molecular flexibility index (Phi) is 3.26. The fraction of sp³-hybridized carbons (Fsp3) is 0.182. The molecule has 0 saturated heterocycles. The second-order valence-corrected chi connectivity index (χ2v) is 4.32. The van der Waals surface area contributed by atoms with Crippen molar-refractivity contribution in [2.75, 3.05) is 0 Å². The van der Waals surface area contributed by atoms with Gasteiger partial charge >= 0.3 is 0 Å². The van der Waals surface area contributed by atoms with E-state index >= 15 is 0 Å². The summed E-state index contributed by atoms with van der Waals surface area (Å²) in [7, 11) is 0. The Morgan fingerprint density at radius 3 is 2.94 bits per heavy atom. The van der Waals surface area contributed by atoms with Crippen molar-refractivity contribution in [2.45, 2.75) is 13.0 Å². The van der Waals surface area contributed by atoms with Crippen LogP contribution in [-0.4, -0.2) is 16.1 Å². The van der Waals surface area contributed by atoms with Gasteiger partial charge in [-0.05, 0) is 24.4 Å². The summed E-state index contributed by atoms with van der Waals surface area (Å²) in [5, 5.41) is 12.2. The lowest BCUT2D eigenvalue weighted by Crippen LogP contribution is -2.26. The van der Waals surface area contributed by atoms with Gasteiger partial charge in [-0.1, -0.05) is 6.07 Å². The Morgan fingerprint density at radius 1 is 1.44 bits per heavy atom. The van der Waals surface area contributed by atoms with Gasteiger partial charge in [0, 0.05) is 4.88 Å². The molecule has 1 unspecified atom stereocenters. The number of aromatic nitrogens is 2. The predicted octanol–water partition coefficient (Wildman–Crippen LogP) is 2.03. The molecule has 0 radical (unpaired) electrons. The molecular weight excluding hydrogens is 222 g/mol. The van der Waals surface area contributed by atoms with Crippen molar-refractivity contribution in [3.63, 3.8) is 0 Å². The lowest BCUT2D eigenvalue weighted by atomic mass is 10.2. The molecule has 0 spiro atoms. The average molecular weight is 233 g/mol. The van der Waals surface area contributed by atoms with Gasteiger partial charge < -0.3 is 5.32 Å². The van der Waals surface area contributed by atoms with E-state index < -0.39 is 0 Å². The number of carbonyl (C=O) groups excluding carboxylic acids is 1. The van der Waals surface area contributed by atoms with Gasteiger partial charge in [-0.15, -0.1) is 11.3 Å². The molecule has 82 valence electrons. The van der Waals surface area contributed by atoms with Crippen LogP contribution in [0.1, 0.15) is 28.2 Å². The fourth-order valence-corrected chi connectivity index (χ4v) is 2.05. The molecule has 2 heterocycles. The van der Waals surface area contributed by atoms with E-state index in [0.717, 1.165) is 4.88 Å². The third-order valence-electron chi connectivity index (χ3n) is 2.16. The van der Waals surface area contributed by atoms with Crippen LogP contribution >= 0.6 is 11.3 Å². The summed E-state index contributed by atoms with van der Waals surface area (Å²) in [4.78, 5) is 12.9. The quantitative estimate of drug-likeness (QED) is 0.882. The maximum Gasteiger partial charge on any atom is 0.253 e. The van der Waals surface area contributed by atoms with Gasteiger partial charge in [-0.25, -0.2) is 0 Å². The molecule has 1 amide bonds. The molecular formula is C11H11N3OS. The number of hydrogen-bond acceptors (Lipinski definition) is 4. The van der Waals surface area contributed by atoms with Crippen molar-refractivity contribution in [1.29, 1.82) is 0 Å². The standard InChI is InChI=1S/C11H11N3OS/c1-8(10-3-2-6-16-10)14-11(15)9-4-5-12-13-7-9/h2-8H,1H3,(H,14,15). The normalized spacial score (nSPS) is 12.1. The summed E-state index contributed by atoms with van der Waals surface area (Å²) < 4.78 is 0. The van der Waals surface area contributed by atoms with Gasteiger partial charge in [0.1, 0.15) is 0 Å². The Bertz CT molecular complexity index is 455. The first-order valence-electron chi connectivity index (χ1n) is 4.88. The van der Waals surface area contributed by atoms with Crippen LogP contribution in [0.15, 0.2) is 36.0 Å². The minimum atomic E-state index is -0.129. The molecule has 0 fully saturated rings. The summed E-state index contributed by atoms with van der Waals surface area (Å²) in [6, 6.07) is 5.63. The highest BCUT2D eigenvalue weighted by Gasteiger charge is 2.11. The van der Waals surface area contributed by atoms with E-state index in [9.17, 15) is 4.79 Å². The minimum absolute atomic E-state index is 0.0145. The van der Waals surface area contributed by atoms with Crippen LogP contribution in [0.4, 0.5) is 0 Å². The third kappa shape index (κ3) is 2.43. The van der Waals surface area contributed by atoms with E-state index in [0.29, 0.717) is 5.56 Å². The van der Waals surface area contributed by atoms with Crippen LogP contribution in [0.2, 0.25) is 0 Å². The van der Waals surface area contributed by atoms with Gasteiger partial charge in [0.2, 0.25) is 0 Å². The van der Waals surface area contributed by atoms with Crippen molar-refractivity contribution >= 4 is 17.2 Å². The van der Waals surface area contributed by atoms with Crippen LogP contribution in [0.3, 0.4) is 0 Å². The van der Waals surface area contributed by atoms with Crippen molar-refractivity contribution < 1.29 is 4.79 Å². The molecule has 4 nitrogen and oxygen atoms in total. The zero-order valence-corrected chi connectivity index (χ0v) is 9.57. The molecule has 0 aliphatic rings. The maximum atomic E-state index is 11.8. The summed E-state index contributed by atoms with van der Waals surface area (Å²) >= 11 is 1.63. The summed E-state index contributed by atoms with van der Waals surface area (Å²) in [5.41, 5.74) is 0.526. The summed E-state index contributed by atoms with van der Waals surface area (Å²) in [6.07, 6.45) is 2.96. The molecule has 16 heavy (non-hydrogen) atoms. The molecule has 0 aliphatic heterocycles. The van der Waals surface area contributed by atoms with Gasteiger partial charge in [0.05, 0.1) is 24.0 Å². The molecule has 2 aromatic heterocycles. The SMILES string of the molecule is CC(NC(=O)c1ccnnc1)c1cccs1. The second kappa shape index (κ2) is 4.85. The van der Waals surface area contributed by atoms with E-state index in [1.54, 1.807) is 17.4 Å². The topological polar surface area (TPSA) is 54.9 Å². The van der Waals surface area contributed by atoms with E-state index in [-0.39, 0.29) is 11.9 Å². The molecule has 0 saturated carbocycles. The molecule has 2 aromatic rings. The van der Waals surface area contributed by atoms with Crippen molar-refractivity contribution in [3.05, 3.63) is 46.4 Å². The molecule has 2 rings (SSSR count). The molecule has 0 bridgehead atoms. The Morgan fingerprint density at radius 2 is 2.31 bits per heavy atom. The number of thiophene rings is 1. The minimum Gasteiger partial charge on any atom is -0.345 e. The van der Waals surface area contributed by atoms with Gasteiger partial charge in [-0.2, -0.15) is 10.2 Å². The van der Waals surface area contributed by atoms with E-state index in [1.165, 1.54) is 12.4 Å². The number of carbonyl (C=O) groups is 1. The highest BCUT2D eigenvalue weighted by atomic mass is 32.1. The number of nitrogens with one attached hydrogen (secondary N) is 1. The Labute approximate surface area is 97.3 Å². The van der Waals surface area contributed by atoms with Crippen molar-refractivity contribution in [1.82, 2.24) is 15.5 Å². The van der Waals surface area contributed by atoms with Crippen molar-refractivity contribution in [3.8, 4) is 0 Å². The maximum absolute atomic E-state index is 11.8. The lowest BCUT2D eigenvalue weighted by Gasteiger charge is -2.11. The molecule has 5 heteroatoms. The first-order valence-corrected chi connectivity index (χ1v) is 5.76. The van der Waals surface area contributed by atoms with Gasteiger partial charge in [-0.3, -0.25) is 4.79 Å². The lowest BCUT2D eigenvalue weighted by molar-refractivity contribution is 0.0940. The number of amides is 1. The number of rotatable bonds is 3. The molecule has 1 atom stereocenters. The Balaban J connectivity index is 2.03. The van der Waals surface area contributed by atoms with Crippen LogP contribution < -0.4 is 5.32 Å². The zero-order valence-electron chi connectivity index (χ0n) is 8.75. The zero-order chi connectivity index (χ0) is 11.4. The monoisotopic (exact) mass is 233 g/mol. The van der Waals surface area contributed by atoms with E-state index in [4.69, 9.17) is 0 Å². The average Bonchev–Trinajstić information content (AvgIpc) is 2.83. The number of nitrogens with zero attached hydrogens (tertiary/aromatic N) is 2. The highest BCUT2D eigenvalue weighted by Crippen LogP contribution is 2.18. The van der Waals surface area contributed by atoms with Crippen LogP contribution in [0, 0.1) is 0 Å². The first kappa shape index (κ1) is 10.8. The summed E-state index contributed by atoms with van der Waals surface area (Å²) in [6.45, 7) is 1.96. The highest BCUT2D eigenvalue weighted by molar-refractivity contribution is 7.10. The molecule has 0 aliphatic carbocycles. The van der Waals surface area contributed by atoms with Crippen LogP contribution in [-0.2, 0) is 0 Å². The number of hydrogen-bond donors (Lipinski definition) is 1. The van der Waals surface area contributed by atoms with Crippen LogP contribution in [0.25, 0.3) is 0 Å².